The van der Waals surface area contributed by atoms with Gasteiger partial charge in [-0.05, 0) is 25.1 Å². The third kappa shape index (κ3) is 5.30. The molecule has 0 bridgehead atoms. The standard InChI is InChI=1S/C12H12Cl2O4S/c1-2-18-12(16)6-9(15)7-19(17)11-5-8(13)3-4-10(11)14/h3-5H,2,6-7H2,1H3. The van der Waals surface area contributed by atoms with Crippen molar-refractivity contribution in [1.82, 2.24) is 0 Å². The Bertz CT molecular complexity index is 516. The van der Waals surface area contributed by atoms with Crippen molar-refractivity contribution in [3.8, 4) is 0 Å². The van der Waals surface area contributed by atoms with Crippen molar-refractivity contribution < 1.29 is 18.5 Å². The van der Waals surface area contributed by atoms with Crippen LogP contribution >= 0.6 is 23.2 Å². The maximum absolute atomic E-state index is 12.0. The van der Waals surface area contributed by atoms with E-state index in [0.29, 0.717) is 5.02 Å². The monoisotopic (exact) mass is 322 g/mol. The molecule has 0 heterocycles. The number of carbonyl (C=O) groups excluding carboxylic acids is 2. The number of esters is 1. The van der Waals surface area contributed by atoms with E-state index in [1.807, 2.05) is 0 Å². The van der Waals surface area contributed by atoms with E-state index in [9.17, 15) is 13.8 Å². The van der Waals surface area contributed by atoms with E-state index in [-0.39, 0.29) is 22.3 Å². The Morgan fingerprint density at radius 3 is 2.63 bits per heavy atom. The van der Waals surface area contributed by atoms with Crippen molar-refractivity contribution in [2.45, 2.75) is 18.2 Å². The topological polar surface area (TPSA) is 60.4 Å². The molecular formula is C12H12Cl2O4S. The quantitative estimate of drug-likeness (QED) is 0.596. The fraction of sp³-hybridized carbons (Fsp3) is 0.333. The van der Waals surface area contributed by atoms with Gasteiger partial charge < -0.3 is 4.74 Å². The molecule has 1 atom stereocenters. The number of benzene rings is 1. The van der Waals surface area contributed by atoms with E-state index >= 15 is 0 Å². The minimum absolute atomic E-state index is 0.204. The molecule has 0 amide bonds. The number of Topliss-reactive ketones (excluding diaryl/α,β-unsaturated/α-hetero) is 1. The van der Waals surface area contributed by atoms with Gasteiger partial charge in [0.2, 0.25) is 0 Å². The first kappa shape index (κ1) is 16.1. The Morgan fingerprint density at radius 2 is 2.00 bits per heavy atom. The van der Waals surface area contributed by atoms with Crippen molar-refractivity contribution >= 4 is 45.8 Å². The molecule has 0 fully saturated rings. The highest BCUT2D eigenvalue weighted by atomic mass is 35.5. The molecular weight excluding hydrogens is 311 g/mol. The lowest BCUT2D eigenvalue weighted by atomic mass is 10.3. The fourth-order valence-electron chi connectivity index (χ4n) is 1.30. The smallest absolute Gasteiger partial charge is 0.313 e. The van der Waals surface area contributed by atoms with Gasteiger partial charge in [-0.25, -0.2) is 0 Å². The normalized spacial score (nSPS) is 11.9. The third-order valence-corrected chi connectivity index (χ3v) is 4.17. The van der Waals surface area contributed by atoms with E-state index < -0.39 is 29.0 Å². The summed E-state index contributed by atoms with van der Waals surface area (Å²) >= 11 is 11.6. The summed E-state index contributed by atoms with van der Waals surface area (Å²) in [5.41, 5.74) is 0. The first-order valence-electron chi connectivity index (χ1n) is 5.44. The number of halogens is 2. The van der Waals surface area contributed by atoms with Crippen LogP contribution < -0.4 is 0 Å². The van der Waals surface area contributed by atoms with Crippen molar-refractivity contribution in [1.29, 1.82) is 0 Å². The largest absolute Gasteiger partial charge is 0.466 e. The highest BCUT2D eigenvalue weighted by molar-refractivity contribution is 7.86. The van der Waals surface area contributed by atoms with Gasteiger partial charge in [0.1, 0.15) is 6.42 Å². The Kier molecular flexibility index (Phi) is 6.48. The molecule has 4 nitrogen and oxygen atoms in total. The van der Waals surface area contributed by atoms with E-state index in [2.05, 4.69) is 4.74 Å². The molecule has 0 saturated heterocycles. The molecule has 7 heteroatoms. The summed E-state index contributed by atoms with van der Waals surface area (Å²) < 4.78 is 16.6. The molecule has 1 rings (SSSR count). The van der Waals surface area contributed by atoms with Crippen molar-refractivity contribution in [2.75, 3.05) is 12.4 Å². The maximum atomic E-state index is 12.0. The van der Waals surface area contributed by atoms with Gasteiger partial charge in [-0.2, -0.15) is 0 Å². The third-order valence-electron chi connectivity index (χ3n) is 2.08. The van der Waals surface area contributed by atoms with Gasteiger partial charge in [0.25, 0.3) is 0 Å². The molecule has 104 valence electrons. The summed E-state index contributed by atoms with van der Waals surface area (Å²) in [5.74, 6) is -1.38. The van der Waals surface area contributed by atoms with Crippen molar-refractivity contribution in [3.05, 3.63) is 28.2 Å². The first-order valence-corrected chi connectivity index (χ1v) is 7.52. The zero-order chi connectivity index (χ0) is 14.4. The summed E-state index contributed by atoms with van der Waals surface area (Å²) in [6.07, 6.45) is -0.391. The highest BCUT2D eigenvalue weighted by Crippen LogP contribution is 2.23. The molecule has 1 unspecified atom stereocenters. The molecule has 0 aliphatic rings. The van der Waals surface area contributed by atoms with Crippen LogP contribution in [-0.2, 0) is 25.1 Å². The van der Waals surface area contributed by atoms with Gasteiger partial charge in [0.05, 0.1) is 33.1 Å². The molecule has 1 aromatic rings. The van der Waals surface area contributed by atoms with Gasteiger partial charge >= 0.3 is 5.97 Å². The van der Waals surface area contributed by atoms with Crippen LogP contribution in [0.25, 0.3) is 0 Å². The molecule has 0 saturated carbocycles. The van der Waals surface area contributed by atoms with Crippen LogP contribution in [0.5, 0.6) is 0 Å². The van der Waals surface area contributed by atoms with E-state index in [1.165, 1.54) is 12.1 Å². The van der Waals surface area contributed by atoms with Crippen LogP contribution in [-0.4, -0.2) is 28.3 Å². The zero-order valence-corrected chi connectivity index (χ0v) is 12.5. The van der Waals surface area contributed by atoms with Gasteiger partial charge in [-0.1, -0.05) is 23.2 Å². The molecule has 0 N–H and O–H groups in total. The fourth-order valence-corrected chi connectivity index (χ4v) is 3.01. The molecule has 1 aromatic carbocycles. The van der Waals surface area contributed by atoms with Crippen LogP contribution in [0.4, 0.5) is 0 Å². The lowest BCUT2D eigenvalue weighted by molar-refractivity contribution is -0.145. The second kappa shape index (κ2) is 7.62. The molecule has 0 aliphatic carbocycles. The van der Waals surface area contributed by atoms with Gasteiger partial charge in [0.15, 0.2) is 5.78 Å². The second-order valence-corrected chi connectivity index (χ2v) is 5.85. The number of hydrogen-bond donors (Lipinski definition) is 0. The number of rotatable bonds is 6. The first-order chi connectivity index (χ1) is 8.93. The van der Waals surface area contributed by atoms with Crippen LogP contribution in [0.15, 0.2) is 23.1 Å². The summed E-state index contributed by atoms with van der Waals surface area (Å²) in [7, 11) is -1.63. The van der Waals surface area contributed by atoms with Crippen LogP contribution in [0.2, 0.25) is 10.0 Å². The molecule has 0 spiro atoms. The van der Waals surface area contributed by atoms with Crippen LogP contribution in [0.3, 0.4) is 0 Å². The summed E-state index contributed by atoms with van der Waals surface area (Å²) in [6.45, 7) is 1.85. The Labute approximate surface area is 123 Å². The Morgan fingerprint density at radius 1 is 1.32 bits per heavy atom. The summed E-state index contributed by atoms with van der Waals surface area (Å²) in [6, 6.07) is 4.51. The number of ketones is 1. The molecule has 19 heavy (non-hydrogen) atoms. The van der Waals surface area contributed by atoms with Crippen LogP contribution in [0.1, 0.15) is 13.3 Å². The minimum atomic E-state index is -1.63. The molecule has 0 aromatic heterocycles. The van der Waals surface area contributed by atoms with Crippen molar-refractivity contribution in [2.24, 2.45) is 0 Å². The lowest BCUT2D eigenvalue weighted by Gasteiger charge is -2.05. The number of ether oxygens (including phenoxy) is 1. The zero-order valence-electron chi connectivity index (χ0n) is 10.2. The molecule has 0 radical (unpaired) electrons. The number of carbonyl (C=O) groups is 2. The summed E-state index contributed by atoms with van der Waals surface area (Å²) in [5, 5.41) is 0.650. The predicted molar refractivity (Wildman–Crippen MR) is 74.0 cm³/mol. The number of hydrogen-bond acceptors (Lipinski definition) is 4. The van der Waals surface area contributed by atoms with Gasteiger partial charge in [0, 0.05) is 5.02 Å². The molecule has 0 aliphatic heterocycles. The average molecular weight is 323 g/mol. The average Bonchev–Trinajstić information content (AvgIpc) is 2.32. The SMILES string of the molecule is CCOC(=O)CC(=O)CS(=O)c1cc(Cl)ccc1Cl. The predicted octanol–water partition coefficient (Wildman–Crippen LogP) is 2.62. The van der Waals surface area contributed by atoms with E-state index in [0.717, 1.165) is 0 Å². The Balaban J connectivity index is 2.67. The Hall–Kier alpha value is -0.910. The van der Waals surface area contributed by atoms with Gasteiger partial charge in [-0.3, -0.25) is 13.8 Å². The van der Waals surface area contributed by atoms with Crippen molar-refractivity contribution in [3.63, 3.8) is 0 Å². The van der Waals surface area contributed by atoms with E-state index in [4.69, 9.17) is 23.2 Å². The van der Waals surface area contributed by atoms with Crippen LogP contribution in [0, 0.1) is 0 Å². The van der Waals surface area contributed by atoms with E-state index in [1.54, 1.807) is 13.0 Å². The summed E-state index contributed by atoms with van der Waals surface area (Å²) in [4.78, 5) is 22.9. The maximum Gasteiger partial charge on any atom is 0.313 e. The lowest BCUT2D eigenvalue weighted by Crippen LogP contribution is -2.17. The highest BCUT2D eigenvalue weighted by Gasteiger charge is 2.17. The minimum Gasteiger partial charge on any atom is -0.466 e. The van der Waals surface area contributed by atoms with Gasteiger partial charge in [-0.15, -0.1) is 0 Å². The second-order valence-electron chi connectivity index (χ2n) is 3.59.